The second-order valence-corrected chi connectivity index (χ2v) is 8.02. The van der Waals surface area contributed by atoms with Crippen LogP contribution in [0.2, 0.25) is 5.02 Å². The molecule has 7 heteroatoms. The number of sulfonamides is 1. The lowest BCUT2D eigenvalue weighted by Crippen LogP contribution is -2.31. The molecule has 4 N–H and O–H groups in total. The highest BCUT2D eigenvalue weighted by Crippen LogP contribution is 2.24. The molecule has 25 heavy (non-hydrogen) atoms. The third kappa shape index (κ3) is 6.09. The molecule has 0 amide bonds. The summed E-state index contributed by atoms with van der Waals surface area (Å²) in [6.07, 6.45) is 1.03. The first-order chi connectivity index (χ1) is 11.8. The summed E-state index contributed by atoms with van der Waals surface area (Å²) in [5.41, 5.74) is 1.73. The molecule has 0 fully saturated rings. The van der Waals surface area contributed by atoms with Crippen LogP contribution >= 0.6 is 11.6 Å². The topological polar surface area (TPSA) is 92.4 Å². The van der Waals surface area contributed by atoms with Crippen molar-refractivity contribution in [3.05, 3.63) is 64.7 Å². The fourth-order valence-electron chi connectivity index (χ4n) is 2.51. The van der Waals surface area contributed by atoms with Gasteiger partial charge in [0, 0.05) is 12.6 Å². The van der Waals surface area contributed by atoms with E-state index in [1.807, 2.05) is 25.1 Å². The molecule has 0 aliphatic heterocycles. The summed E-state index contributed by atoms with van der Waals surface area (Å²) in [6, 6.07) is 14.7. The van der Waals surface area contributed by atoms with Crippen LogP contribution in [-0.2, 0) is 16.4 Å². The standard InChI is InChI=1S/C18H23ClN2O3S/c1-13(7-8-14-5-3-2-4-6-14)21-12-17(22)15-9-10-16(19)18(11-15)25(20,23)24/h2-6,9-11,13,17,21-22H,7-8,12H2,1H3,(H2,20,23,24). The smallest absolute Gasteiger partial charge is 0.239 e. The SMILES string of the molecule is CC(CCc1ccccc1)NCC(O)c1ccc(Cl)c(S(N)(=O)=O)c1. The Morgan fingerprint density at radius 2 is 1.88 bits per heavy atom. The van der Waals surface area contributed by atoms with E-state index in [-0.39, 0.29) is 16.0 Å². The molecule has 2 aromatic carbocycles. The fraction of sp³-hybridized carbons (Fsp3) is 0.333. The first-order valence-electron chi connectivity index (χ1n) is 8.05. The van der Waals surface area contributed by atoms with Crippen LogP contribution in [0.15, 0.2) is 53.4 Å². The average molecular weight is 383 g/mol. The Kier molecular flexibility index (Phi) is 6.98. The normalized spacial score (nSPS) is 14.2. The number of hydrogen-bond donors (Lipinski definition) is 3. The number of aliphatic hydroxyl groups is 1. The molecule has 2 aromatic rings. The summed E-state index contributed by atoms with van der Waals surface area (Å²) < 4.78 is 23.0. The maximum Gasteiger partial charge on any atom is 0.239 e. The van der Waals surface area contributed by atoms with Gasteiger partial charge in [-0.2, -0.15) is 0 Å². The highest BCUT2D eigenvalue weighted by atomic mass is 35.5. The lowest BCUT2D eigenvalue weighted by Gasteiger charge is -2.18. The van der Waals surface area contributed by atoms with Crippen LogP contribution in [0.4, 0.5) is 0 Å². The van der Waals surface area contributed by atoms with Crippen molar-refractivity contribution in [2.45, 2.75) is 36.8 Å². The molecule has 2 unspecified atom stereocenters. The number of halogens is 1. The maximum atomic E-state index is 11.5. The number of aliphatic hydroxyl groups excluding tert-OH is 1. The van der Waals surface area contributed by atoms with Gasteiger partial charge in [-0.25, -0.2) is 13.6 Å². The van der Waals surface area contributed by atoms with Gasteiger partial charge < -0.3 is 10.4 Å². The van der Waals surface area contributed by atoms with Crippen molar-refractivity contribution in [3.8, 4) is 0 Å². The minimum absolute atomic E-state index is 0.0441. The van der Waals surface area contributed by atoms with E-state index in [1.165, 1.54) is 17.7 Å². The van der Waals surface area contributed by atoms with Gasteiger partial charge in [0.25, 0.3) is 0 Å². The highest BCUT2D eigenvalue weighted by Gasteiger charge is 2.17. The van der Waals surface area contributed by atoms with Crippen LogP contribution in [-0.4, -0.2) is 26.1 Å². The van der Waals surface area contributed by atoms with Crippen LogP contribution < -0.4 is 10.5 Å². The van der Waals surface area contributed by atoms with E-state index in [4.69, 9.17) is 16.7 Å². The quantitative estimate of drug-likeness (QED) is 0.654. The monoisotopic (exact) mass is 382 g/mol. The van der Waals surface area contributed by atoms with Gasteiger partial charge in [0.2, 0.25) is 10.0 Å². The van der Waals surface area contributed by atoms with Gasteiger partial charge in [-0.1, -0.05) is 48.0 Å². The van der Waals surface area contributed by atoms with Crippen molar-refractivity contribution >= 4 is 21.6 Å². The summed E-state index contributed by atoms with van der Waals surface area (Å²) in [5.74, 6) is 0. The van der Waals surface area contributed by atoms with E-state index in [0.717, 1.165) is 12.8 Å². The molecule has 5 nitrogen and oxygen atoms in total. The summed E-state index contributed by atoms with van der Waals surface area (Å²) in [7, 11) is -3.92. The number of benzene rings is 2. The Labute approximate surface area is 153 Å². The van der Waals surface area contributed by atoms with Gasteiger partial charge in [-0.05, 0) is 43.0 Å². The fourth-order valence-corrected chi connectivity index (χ4v) is 3.59. The molecule has 0 spiro atoms. The molecular weight excluding hydrogens is 360 g/mol. The molecule has 2 atom stereocenters. The lowest BCUT2D eigenvalue weighted by molar-refractivity contribution is 0.170. The first kappa shape index (κ1) is 19.9. The minimum Gasteiger partial charge on any atom is -0.387 e. The third-order valence-electron chi connectivity index (χ3n) is 4.02. The average Bonchev–Trinajstić information content (AvgIpc) is 2.58. The van der Waals surface area contributed by atoms with Crippen LogP contribution in [0.5, 0.6) is 0 Å². The Balaban J connectivity index is 1.90. The molecule has 0 aliphatic carbocycles. The Morgan fingerprint density at radius 1 is 1.20 bits per heavy atom. The number of hydrogen-bond acceptors (Lipinski definition) is 4. The summed E-state index contributed by atoms with van der Waals surface area (Å²) in [4.78, 5) is -0.178. The summed E-state index contributed by atoms with van der Waals surface area (Å²) in [5, 5.41) is 18.7. The van der Waals surface area contributed by atoms with Crippen LogP contribution in [0, 0.1) is 0 Å². The van der Waals surface area contributed by atoms with E-state index in [1.54, 1.807) is 6.07 Å². The van der Waals surface area contributed by atoms with Crippen molar-refractivity contribution in [1.82, 2.24) is 5.32 Å². The number of primary sulfonamides is 1. The molecule has 0 saturated heterocycles. The van der Waals surface area contributed by atoms with Crippen molar-refractivity contribution < 1.29 is 13.5 Å². The van der Waals surface area contributed by atoms with Crippen molar-refractivity contribution in [1.29, 1.82) is 0 Å². The third-order valence-corrected chi connectivity index (χ3v) is 5.41. The molecule has 0 aliphatic rings. The molecule has 2 rings (SSSR count). The van der Waals surface area contributed by atoms with Gasteiger partial charge in [-0.3, -0.25) is 0 Å². The van der Waals surface area contributed by atoms with Gasteiger partial charge in [0.1, 0.15) is 4.90 Å². The summed E-state index contributed by atoms with van der Waals surface area (Å²) in [6.45, 7) is 2.36. The predicted molar refractivity (Wildman–Crippen MR) is 100 cm³/mol. The molecular formula is C18H23ClN2O3S. The zero-order valence-corrected chi connectivity index (χ0v) is 15.6. The van der Waals surface area contributed by atoms with Crippen molar-refractivity contribution in [2.75, 3.05) is 6.54 Å². The van der Waals surface area contributed by atoms with Gasteiger partial charge in [0.15, 0.2) is 0 Å². The zero-order chi connectivity index (χ0) is 18.4. The van der Waals surface area contributed by atoms with Crippen LogP contribution in [0.25, 0.3) is 0 Å². The maximum absolute atomic E-state index is 11.5. The van der Waals surface area contributed by atoms with Crippen LogP contribution in [0.3, 0.4) is 0 Å². The zero-order valence-electron chi connectivity index (χ0n) is 14.0. The second-order valence-electron chi connectivity index (χ2n) is 6.08. The largest absolute Gasteiger partial charge is 0.387 e. The number of nitrogens with one attached hydrogen (secondary N) is 1. The lowest BCUT2D eigenvalue weighted by atomic mass is 10.1. The molecule has 136 valence electrons. The van der Waals surface area contributed by atoms with E-state index >= 15 is 0 Å². The molecule has 0 heterocycles. The molecule has 0 aromatic heterocycles. The van der Waals surface area contributed by atoms with Gasteiger partial charge in [0.05, 0.1) is 11.1 Å². The summed E-state index contributed by atoms with van der Waals surface area (Å²) >= 11 is 5.86. The van der Waals surface area contributed by atoms with E-state index in [2.05, 4.69) is 17.4 Å². The van der Waals surface area contributed by atoms with E-state index in [9.17, 15) is 13.5 Å². The highest BCUT2D eigenvalue weighted by molar-refractivity contribution is 7.89. The van der Waals surface area contributed by atoms with Crippen molar-refractivity contribution in [2.24, 2.45) is 5.14 Å². The number of nitrogens with two attached hydrogens (primary N) is 1. The number of aryl methyl sites for hydroxylation is 1. The Bertz CT molecular complexity index is 797. The Hall–Kier alpha value is -1.44. The van der Waals surface area contributed by atoms with Gasteiger partial charge >= 0.3 is 0 Å². The predicted octanol–water partition coefficient (Wildman–Crippen LogP) is 2.63. The molecule has 0 saturated carbocycles. The number of rotatable bonds is 8. The van der Waals surface area contributed by atoms with Gasteiger partial charge in [-0.15, -0.1) is 0 Å². The minimum atomic E-state index is -3.92. The Morgan fingerprint density at radius 3 is 2.52 bits per heavy atom. The van der Waals surface area contributed by atoms with Crippen LogP contribution in [0.1, 0.15) is 30.6 Å². The van der Waals surface area contributed by atoms with E-state index < -0.39 is 16.1 Å². The first-order valence-corrected chi connectivity index (χ1v) is 9.97. The second kappa shape index (κ2) is 8.78. The van der Waals surface area contributed by atoms with E-state index in [0.29, 0.717) is 12.1 Å². The molecule has 0 bridgehead atoms. The van der Waals surface area contributed by atoms with Crippen molar-refractivity contribution in [3.63, 3.8) is 0 Å². The molecule has 0 radical (unpaired) electrons.